The Labute approximate surface area is 256 Å². The van der Waals surface area contributed by atoms with Crippen LogP contribution in [0.5, 0.6) is 6.01 Å². The summed E-state index contributed by atoms with van der Waals surface area (Å²) < 4.78 is 40.2. The van der Waals surface area contributed by atoms with Gasteiger partial charge in [0.25, 0.3) is 16.0 Å². The lowest BCUT2D eigenvalue weighted by Crippen LogP contribution is -2.37. The van der Waals surface area contributed by atoms with Gasteiger partial charge in [0.15, 0.2) is 0 Å². The average Bonchev–Trinajstić information content (AvgIpc) is 3.45. The van der Waals surface area contributed by atoms with Crippen molar-refractivity contribution in [3.05, 3.63) is 72.2 Å². The molecule has 1 saturated heterocycles. The van der Waals surface area contributed by atoms with Gasteiger partial charge in [0.1, 0.15) is 23.3 Å². The molecule has 0 saturated carbocycles. The number of amides is 1. The molecule has 44 heavy (non-hydrogen) atoms. The molecule has 0 bridgehead atoms. The third-order valence-corrected chi connectivity index (χ3v) is 7.93. The number of aliphatic hydroxyl groups excluding tert-OH is 1. The number of ether oxygens (including phenoxy) is 2. The van der Waals surface area contributed by atoms with Crippen molar-refractivity contribution in [1.29, 1.82) is 0 Å². The van der Waals surface area contributed by atoms with Gasteiger partial charge in [0.05, 0.1) is 18.1 Å². The number of fused-ring (bicyclic) bond motifs is 1. The van der Waals surface area contributed by atoms with Crippen LogP contribution in [0.3, 0.4) is 0 Å². The van der Waals surface area contributed by atoms with Gasteiger partial charge >= 0.3 is 6.01 Å². The molecule has 1 aliphatic heterocycles. The number of H-pyrrole nitrogens is 1. The van der Waals surface area contributed by atoms with Crippen LogP contribution in [-0.4, -0.2) is 89.5 Å². The van der Waals surface area contributed by atoms with Gasteiger partial charge in [0, 0.05) is 50.1 Å². The summed E-state index contributed by atoms with van der Waals surface area (Å²) in [5.41, 5.74) is 2.41. The molecule has 236 valence electrons. The van der Waals surface area contributed by atoms with E-state index >= 15 is 0 Å². The monoisotopic (exact) mass is 626 g/mol. The first kappa shape index (κ1) is 32.8. The van der Waals surface area contributed by atoms with Gasteiger partial charge in [-0.2, -0.15) is 18.4 Å². The summed E-state index contributed by atoms with van der Waals surface area (Å²) in [6.45, 7) is 5.37. The molecule has 1 amide bonds. The number of nitrogens with one attached hydrogen (secondary N) is 2. The number of aromatic nitrogens is 4. The SMILES string of the molecule is COC[C@@H](C)Oc1nc(C(=O)N[C@H](C)CO)cc(N2CCC(c3c[nH]c4ncccc34)CC2)n1.O=S(=O)(O)c1ccccc1. The second-order valence-corrected chi connectivity index (χ2v) is 11.9. The summed E-state index contributed by atoms with van der Waals surface area (Å²) in [6, 6.07) is 12.9. The van der Waals surface area contributed by atoms with Gasteiger partial charge in [-0.25, -0.2) is 4.98 Å². The van der Waals surface area contributed by atoms with Gasteiger partial charge in [-0.3, -0.25) is 9.35 Å². The number of nitrogens with zero attached hydrogens (tertiary/aromatic N) is 4. The Hall–Kier alpha value is -4.11. The van der Waals surface area contributed by atoms with E-state index in [2.05, 4.69) is 42.4 Å². The highest BCUT2D eigenvalue weighted by atomic mass is 32.2. The third-order valence-electron chi connectivity index (χ3n) is 7.07. The lowest BCUT2D eigenvalue weighted by molar-refractivity contribution is 0.0839. The number of carbonyl (C=O) groups is 1. The Morgan fingerprint density at radius 1 is 1.14 bits per heavy atom. The lowest BCUT2D eigenvalue weighted by atomic mass is 9.89. The van der Waals surface area contributed by atoms with Crippen molar-refractivity contribution in [2.45, 2.75) is 49.6 Å². The van der Waals surface area contributed by atoms with Crippen molar-refractivity contribution < 1.29 is 32.3 Å². The van der Waals surface area contributed by atoms with Crippen molar-refractivity contribution in [3.63, 3.8) is 0 Å². The normalized spacial score (nSPS) is 15.2. The highest BCUT2D eigenvalue weighted by Crippen LogP contribution is 2.34. The Morgan fingerprint density at radius 3 is 2.50 bits per heavy atom. The highest BCUT2D eigenvalue weighted by molar-refractivity contribution is 7.85. The lowest BCUT2D eigenvalue weighted by Gasteiger charge is -2.33. The first-order valence-corrected chi connectivity index (χ1v) is 15.7. The Kier molecular flexibility index (Phi) is 11.2. The molecule has 1 fully saturated rings. The summed E-state index contributed by atoms with van der Waals surface area (Å²) in [4.78, 5) is 31.4. The highest BCUT2D eigenvalue weighted by Gasteiger charge is 2.26. The molecule has 1 aliphatic rings. The molecular weight excluding hydrogens is 588 g/mol. The topological polar surface area (TPSA) is 180 Å². The number of hydrogen-bond acceptors (Lipinski definition) is 10. The van der Waals surface area contributed by atoms with E-state index in [1.807, 2.05) is 13.0 Å². The molecule has 0 radical (unpaired) electrons. The van der Waals surface area contributed by atoms with Crippen LogP contribution in [0.4, 0.5) is 5.82 Å². The number of aromatic amines is 1. The van der Waals surface area contributed by atoms with Crippen molar-refractivity contribution >= 4 is 32.9 Å². The fourth-order valence-corrected chi connectivity index (χ4v) is 5.36. The number of aliphatic hydroxyl groups is 1. The van der Waals surface area contributed by atoms with Gasteiger partial charge in [0.2, 0.25) is 0 Å². The Balaban J connectivity index is 0.000000375. The maximum atomic E-state index is 12.7. The first-order chi connectivity index (χ1) is 21.1. The van der Waals surface area contributed by atoms with Crippen LogP contribution in [0, 0.1) is 0 Å². The maximum absolute atomic E-state index is 12.7. The van der Waals surface area contributed by atoms with Gasteiger partial charge in [-0.05, 0) is 62.4 Å². The van der Waals surface area contributed by atoms with Gasteiger partial charge in [-0.15, -0.1) is 0 Å². The van der Waals surface area contributed by atoms with Crippen LogP contribution in [0.25, 0.3) is 11.0 Å². The summed E-state index contributed by atoms with van der Waals surface area (Å²) in [5.74, 6) is 0.688. The molecule has 5 rings (SSSR count). The van der Waals surface area contributed by atoms with Crippen LogP contribution < -0.4 is 15.0 Å². The van der Waals surface area contributed by atoms with E-state index in [0.717, 1.165) is 31.6 Å². The van der Waals surface area contributed by atoms with Crippen molar-refractivity contribution in [2.75, 3.05) is 38.3 Å². The quantitative estimate of drug-likeness (QED) is 0.190. The van der Waals surface area contributed by atoms with E-state index < -0.39 is 10.1 Å². The minimum Gasteiger partial charge on any atom is -0.458 e. The van der Waals surface area contributed by atoms with E-state index in [-0.39, 0.29) is 41.3 Å². The number of carbonyl (C=O) groups excluding carboxylic acids is 1. The zero-order valence-corrected chi connectivity index (χ0v) is 25.7. The second kappa shape index (κ2) is 15.1. The van der Waals surface area contributed by atoms with Crippen LogP contribution >= 0.6 is 0 Å². The predicted molar refractivity (Wildman–Crippen MR) is 165 cm³/mol. The molecule has 2 atom stereocenters. The molecule has 1 aromatic carbocycles. The summed E-state index contributed by atoms with van der Waals surface area (Å²) in [5, 5.41) is 13.2. The van der Waals surface area contributed by atoms with E-state index in [1.165, 1.54) is 23.1 Å². The van der Waals surface area contributed by atoms with Crippen LogP contribution in [0.1, 0.15) is 48.7 Å². The number of methoxy groups -OCH3 is 1. The molecule has 4 aromatic rings. The molecule has 4 heterocycles. The molecule has 0 unspecified atom stereocenters. The van der Waals surface area contributed by atoms with Crippen LogP contribution in [0.15, 0.2) is 65.8 Å². The molecule has 0 spiro atoms. The number of piperidine rings is 1. The molecule has 3 aromatic heterocycles. The van der Waals surface area contributed by atoms with Crippen LogP contribution in [0.2, 0.25) is 0 Å². The number of anilines is 1. The van der Waals surface area contributed by atoms with Gasteiger partial charge < -0.3 is 29.8 Å². The minimum absolute atomic E-state index is 0.0741. The maximum Gasteiger partial charge on any atom is 0.319 e. The van der Waals surface area contributed by atoms with Gasteiger partial charge in [-0.1, -0.05) is 18.2 Å². The molecule has 4 N–H and O–H groups in total. The van der Waals surface area contributed by atoms with E-state index in [1.54, 1.807) is 44.5 Å². The third kappa shape index (κ3) is 8.72. The zero-order chi connectivity index (χ0) is 31.7. The predicted octanol–water partition coefficient (Wildman–Crippen LogP) is 3.19. The van der Waals surface area contributed by atoms with Crippen molar-refractivity contribution in [1.82, 2.24) is 25.3 Å². The molecular formula is C30H38N6O7S. The first-order valence-electron chi connectivity index (χ1n) is 14.2. The molecule has 0 aliphatic carbocycles. The fourth-order valence-electron chi connectivity index (χ4n) is 4.86. The zero-order valence-electron chi connectivity index (χ0n) is 24.9. The molecule has 13 nitrogen and oxygen atoms in total. The van der Waals surface area contributed by atoms with Crippen molar-refractivity contribution in [2.24, 2.45) is 0 Å². The van der Waals surface area contributed by atoms with Crippen molar-refractivity contribution in [3.8, 4) is 6.01 Å². The summed E-state index contributed by atoms with van der Waals surface area (Å²) >= 11 is 0. The number of benzene rings is 1. The fraction of sp³-hybridized carbons (Fsp3) is 0.400. The smallest absolute Gasteiger partial charge is 0.319 e. The van der Waals surface area contributed by atoms with E-state index in [9.17, 15) is 18.3 Å². The number of hydrogen-bond donors (Lipinski definition) is 4. The summed E-state index contributed by atoms with van der Waals surface area (Å²) in [7, 11) is -2.41. The molecule has 14 heteroatoms. The number of rotatable bonds is 10. The van der Waals surface area contributed by atoms with E-state index in [4.69, 9.17) is 14.0 Å². The second-order valence-electron chi connectivity index (χ2n) is 10.5. The number of pyridine rings is 1. The Morgan fingerprint density at radius 2 is 1.86 bits per heavy atom. The summed E-state index contributed by atoms with van der Waals surface area (Å²) in [6.07, 6.45) is 5.49. The average molecular weight is 627 g/mol. The van der Waals surface area contributed by atoms with Crippen LogP contribution in [-0.2, 0) is 14.9 Å². The van der Waals surface area contributed by atoms with E-state index in [0.29, 0.717) is 18.3 Å². The minimum atomic E-state index is -4.00. The largest absolute Gasteiger partial charge is 0.458 e. The standard InChI is InChI=1S/C24H32N6O4.C6H6O3S/c1-15(13-31)27-23(32)20-11-21(29-24(28-20)34-16(2)14-33-3)30-9-6-17(7-10-30)19-12-26-22-18(19)5-4-8-25-22;7-10(8,9)6-4-2-1-3-5-6/h4-5,8,11-12,15-17,31H,6-7,9-10,13-14H2,1-3H3,(H,25,26)(H,27,32);1-5H,(H,7,8,9)/t15-,16-;/m1./s1. The Bertz CT molecular complexity index is 1630.